The van der Waals surface area contributed by atoms with Crippen molar-refractivity contribution < 1.29 is 56.6 Å². The smallest absolute Gasteiger partial charge is 0.512 e. The molecule has 1 aromatic heterocycles. The first-order valence-corrected chi connectivity index (χ1v) is 15.2. The second kappa shape index (κ2) is 12.3. The van der Waals surface area contributed by atoms with Gasteiger partial charge in [-0.2, -0.15) is 0 Å². The summed E-state index contributed by atoms with van der Waals surface area (Å²) < 4.78 is 57.2. The SMILES string of the molecule is COC(=O)C(C)(C)OC(=O)OCOc1c([O-])cc(-c2cc(F)c(F)c3c2Cc2ccccc2SC3)[n+]2c1=C([O-])N1CCOC[C@H]1N=2. The molecule has 46 heavy (non-hydrogen) atoms. The van der Waals surface area contributed by atoms with E-state index < -0.39 is 59.7 Å². The van der Waals surface area contributed by atoms with E-state index in [0.29, 0.717) is 5.56 Å². The topological polar surface area (TPSA) is 148 Å². The van der Waals surface area contributed by atoms with E-state index in [2.05, 4.69) is 9.85 Å². The first-order chi connectivity index (χ1) is 22.0. The summed E-state index contributed by atoms with van der Waals surface area (Å²) in [7, 11) is 1.12. The Labute approximate surface area is 265 Å². The Bertz CT molecular complexity index is 1870. The number of thioether (sulfide) groups is 1. The van der Waals surface area contributed by atoms with Gasteiger partial charge in [0.15, 0.2) is 17.4 Å². The summed E-state index contributed by atoms with van der Waals surface area (Å²) in [5, 5.41) is 31.9. The van der Waals surface area contributed by atoms with Crippen LogP contribution in [0.2, 0.25) is 0 Å². The number of hydrogen-bond acceptors (Lipinski definition) is 12. The minimum atomic E-state index is -1.67. The van der Waals surface area contributed by atoms with E-state index in [9.17, 15) is 19.8 Å². The lowest BCUT2D eigenvalue weighted by molar-refractivity contribution is -0.570. The van der Waals surface area contributed by atoms with Gasteiger partial charge in [-0.25, -0.2) is 18.4 Å². The number of fused-ring (bicyclic) bond motifs is 4. The van der Waals surface area contributed by atoms with Crippen LogP contribution in [0.1, 0.15) is 30.5 Å². The van der Waals surface area contributed by atoms with E-state index in [1.54, 1.807) is 0 Å². The molecule has 15 heteroatoms. The molecule has 0 radical (unpaired) electrons. The quantitative estimate of drug-likeness (QED) is 0.217. The van der Waals surface area contributed by atoms with Gasteiger partial charge in [0, 0.05) is 34.7 Å². The summed E-state index contributed by atoms with van der Waals surface area (Å²) in [6.45, 7) is 2.18. The van der Waals surface area contributed by atoms with Crippen molar-refractivity contribution >= 4 is 29.8 Å². The standard InChI is InChI=1S/C31H28F2N3O9S/c1-31(2,29(39)41-3)45-30(40)44-15-43-27-22(37)12-21(36-26(27)28(38)35-8-9-42-13-24(35)34-36)18-11-20(32)25(33)19-14-46-23-7-5-4-6-16(23)10-17(18)19/h4-7,11-12,24H,8-10,13-15H2,1-3H3/q-1/t24-/m0/s1. The van der Waals surface area contributed by atoms with Crippen LogP contribution < -0.4 is 24.7 Å². The lowest BCUT2D eigenvalue weighted by Gasteiger charge is -2.37. The Hall–Kier alpha value is -4.63. The first kappa shape index (κ1) is 31.4. The normalized spacial score (nSPS) is 16.9. The summed E-state index contributed by atoms with van der Waals surface area (Å²) in [5.74, 6) is -4.71. The Kier molecular flexibility index (Phi) is 8.37. The third-order valence-electron chi connectivity index (χ3n) is 7.78. The average Bonchev–Trinajstić information content (AvgIpc) is 3.23. The molecule has 6 rings (SSSR count). The van der Waals surface area contributed by atoms with Crippen LogP contribution in [-0.4, -0.2) is 62.5 Å². The maximum atomic E-state index is 15.3. The molecule has 0 amide bonds. The number of halogens is 2. The number of benzene rings is 2. The minimum Gasteiger partial charge on any atom is -0.870 e. The highest BCUT2D eigenvalue weighted by molar-refractivity contribution is 7.98. The second-order valence-electron chi connectivity index (χ2n) is 11.1. The highest BCUT2D eigenvalue weighted by atomic mass is 32.2. The number of morpholine rings is 1. The highest BCUT2D eigenvalue weighted by Gasteiger charge is 2.36. The fraction of sp³-hybridized carbons (Fsp3) is 0.355. The fourth-order valence-corrected chi connectivity index (χ4v) is 6.61. The lowest BCUT2D eigenvalue weighted by atomic mass is 9.92. The van der Waals surface area contributed by atoms with Crippen molar-refractivity contribution in [1.29, 1.82) is 0 Å². The van der Waals surface area contributed by atoms with Gasteiger partial charge < -0.3 is 38.8 Å². The number of carbonyl (C=O) groups excluding carboxylic acids is 2. The molecule has 0 spiro atoms. The molecule has 3 aliphatic heterocycles. The maximum Gasteiger partial charge on any atom is 0.512 e. The number of pyridine rings is 1. The Morgan fingerprint density at radius 1 is 1.20 bits per heavy atom. The van der Waals surface area contributed by atoms with Gasteiger partial charge >= 0.3 is 12.1 Å². The van der Waals surface area contributed by atoms with E-state index >= 15 is 8.78 Å². The largest absolute Gasteiger partial charge is 0.870 e. The molecule has 12 nitrogen and oxygen atoms in total. The Balaban J connectivity index is 1.46. The number of methoxy groups -OCH3 is 1. The molecule has 3 aromatic rings. The second-order valence-corrected chi connectivity index (χ2v) is 12.1. The number of ether oxygens (including phenoxy) is 5. The Morgan fingerprint density at radius 2 is 1.98 bits per heavy atom. The summed E-state index contributed by atoms with van der Waals surface area (Å²) in [6.07, 6.45) is -1.83. The number of nitrogens with zero attached hydrogens (tertiary/aromatic N) is 3. The van der Waals surface area contributed by atoms with Crippen molar-refractivity contribution in [2.75, 3.05) is 33.7 Å². The number of hydrogen-bond donors (Lipinski definition) is 0. The summed E-state index contributed by atoms with van der Waals surface area (Å²) in [4.78, 5) is 26.4. The third kappa shape index (κ3) is 5.64. The van der Waals surface area contributed by atoms with E-state index in [1.807, 2.05) is 24.3 Å². The van der Waals surface area contributed by atoms with Crippen molar-refractivity contribution in [3.63, 3.8) is 0 Å². The molecule has 1 saturated heterocycles. The number of aromatic nitrogens is 1. The number of carbonyl (C=O) groups is 2. The minimum absolute atomic E-state index is 0.0469. The fourth-order valence-electron chi connectivity index (χ4n) is 5.51. The predicted molar refractivity (Wildman–Crippen MR) is 152 cm³/mol. The van der Waals surface area contributed by atoms with Gasteiger partial charge in [-0.3, -0.25) is 0 Å². The molecule has 0 N–H and O–H groups in total. The van der Waals surface area contributed by atoms with Crippen molar-refractivity contribution in [3.8, 4) is 22.8 Å². The van der Waals surface area contributed by atoms with Gasteiger partial charge in [-0.05, 0) is 53.0 Å². The van der Waals surface area contributed by atoms with E-state index in [0.717, 1.165) is 29.7 Å². The van der Waals surface area contributed by atoms with Crippen LogP contribution in [0, 0.1) is 11.6 Å². The monoisotopic (exact) mass is 656 g/mol. The maximum absolute atomic E-state index is 15.3. The van der Waals surface area contributed by atoms with Crippen LogP contribution in [0.3, 0.4) is 0 Å². The molecular formula is C31H28F2N3O9S-. The molecule has 242 valence electrons. The van der Waals surface area contributed by atoms with Gasteiger partial charge in [0.25, 0.3) is 5.35 Å². The molecule has 2 aromatic carbocycles. The van der Waals surface area contributed by atoms with Crippen LogP contribution in [0.25, 0.3) is 17.1 Å². The molecule has 0 unspecified atom stereocenters. The molecule has 1 atom stereocenters. The van der Waals surface area contributed by atoms with E-state index in [-0.39, 0.29) is 54.1 Å². The van der Waals surface area contributed by atoms with Crippen molar-refractivity contribution in [3.05, 3.63) is 70.1 Å². The predicted octanol–water partition coefficient (Wildman–Crippen LogP) is 1.76. The average molecular weight is 657 g/mol. The van der Waals surface area contributed by atoms with Crippen molar-refractivity contribution in [2.24, 2.45) is 5.11 Å². The van der Waals surface area contributed by atoms with Gasteiger partial charge in [0.2, 0.25) is 24.3 Å². The van der Waals surface area contributed by atoms with Crippen LogP contribution in [0.5, 0.6) is 11.5 Å². The third-order valence-corrected chi connectivity index (χ3v) is 8.92. The molecule has 0 aliphatic carbocycles. The van der Waals surface area contributed by atoms with Gasteiger partial charge in [0.05, 0.1) is 25.9 Å². The van der Waals surface area contributed by atoms with E-state index in [1.165, 1.54) is 34.9 Å². The molecule has 4 heterocycles. The van der Waals surface area contributed by atoms with Crippen molar-refractivity contribution in [1.82, 2.24) is 4.90 Å². The summed E-state index contributed by atoms with van der Waals surface area (Å²) >= 11 is 1.37. The highest BCUT2D eigenvalue weighted by Crippen LogP contribution is 2.40. The Morgan fingerprint density at radius 3 is 2.76 bits per heavy atom. The molecule has 1 fully saturated rings. The lowest BCUT2D eigenvalue weighted by Crippen LogP contribution is -2.59. The van der Waals surface area contributed by atoms with Crippen molar-refractivity contribution in [2.45, 2.75) is 42.7 Å². The zero-order chi connectivity index (χ0) is 32.7. The van der Waals surface area contributed by atoms with E-state index in [4.69, 9.17) is 18.9 Å². The zero-order valence-corrected chi connectivity index (χ0v) is 25.8. The van der Waals surface area contributed by atoms with Crippen LogP contribution in [-0.2, 0) is 35.9 Å². The zero-order valence-electron chi connectivity index (χ0n) is 25.0. The molecule has 0 saturated carbocycles. The first-order valence-electron chi connectivity index (χ1n) is 14.2. The summed E-state index contributed by atoms with van der Waals surface area (Å²) in [5.41, 5.74) is 0.0361. The molecule has 0 bridgehead atoms. The molecular weight excluding hydrogens is 628 g/mol. The summed E-state index contributed by atoms with van der Waals surface area (Å²) in [6, 6.07) is 9.62. The number of esters is 1. The van der Waals surface area contributed by atoms with Gasteiger partial charge in [-0.15, -0.1) is 11.8 Å². The van der Waals surface area contributed by atoms with Crippen LogP contribution >= 0.6 is 11.8 Å². The van der Waals surface area contributed by atoms with Gasteiger partial charge in [-0.1, -0.05) is 23.9 Å². The van der Waals surface area contributed by atoms with Crippen LogP contribution in [0.15, 0.2) is 46.4 Å². The van der Waals surface area contributed by atoms with Crippen LogP contribution in [0.4, 0.5) is 13.6 Å². The number of rotatable bonds is 6. The van der Waals surface area contributed by atoms with Gasteiger partial charge in [0.1, 0.15) is 0 Å². The molecule has 3 aliphatic rings.